The van der Waals surface area contributed by atoms with Gasteiger partial charge in [-0.05, 0) is 43.4 Å². The lowest BCUT2D eigenvalue weighted by Gasteiger charge is -2.28. The number of benzene rings is 1. The molecule has 1 aliphatic carbocycles. The van der Waals surface area contributed by atoms with Gasteiger partial charge in [-0.3, -0.25) is 9.59 Å². The Kier molecular flexibility index (Phi) is 6.64. The van der Waals surface area contributed by atoms with E-state index in [1.165, 1.54) is 18.6 Å². The van der Waals surface area contributed by atoms with E-state index in [1.54, 1.807) is 6.07 Å². The summed E-state index contributed by atoms with van der Waals surface area (Å²) in [6, 6.07) is 6.43. The maximum atomic E-state index is 13.2. The number of hydrogen-bond donors (Lipinski definition) is 0. The second-order valence-corrected chi connectivity index (χ2v) is 7.52. The van der Waals surface area contributed by atoms with Crippen LogP contribution in [0.25, 0.3) is 0 Å². The van der Waals surface area contributed by atoms with Crippen LogP contribution in [0.3, 0.4) is 0 Å². The van der Waals surface area contributed by atoms with Crippen molar-refractivity contribution >= 4 is 11.8 Å². The standard InChI is InChI=1S/C21H29FN2O2/c22-19-9-4-6-17(16-19)10-11-20(25)23-12-5-13-24(15-14-23)21(26)18-7-2-1-3-8-18/h4,6,9,16,18H,1-3,5,7-8,10-15H2. The summed E-state index contributed by atoms with van der Waals surface area (Å²) < 4.78 is 13.2. The largest absolute Gasteiger partial charge is 0.341 e. The van der Waals surface area contributed by atoms with E-state index >= 15 is 0 Å². The van der Waals surface area contributed by atoms with E-state index in [-0.39, 0.29) is 17.6 Å². The summed E-state index contributed by atoms with van der Waals surface area (Å²) in [6.07, 6.45) is 7.39. The van der Waals surface area contributed by atoms with E-state index < -0.39 is 0 Å². The molecule has 0 atom stereocenters. The zero-order valence-electron chi connectivity index (χ0n) is 15.5. The molecule has 2 amide bonds. The summed E-state index contributed by atoms with van der Waals surface area (Å²) in [5.74, 6) is 0.320. The monoisotopic (exact) mass is 360 g/mol. The Morgan fingerprint density at radius 2 is 1.69 bits per heavy atom. The van der Waals surface area contributed by atoms with Gasteiger partial charge in [0.15, 0.2) is 0 Å². The molecule has 1 saturated heterocycles. The van der Waals surface area contributed by atoms with Gasteiger partial charge in [0.2, 0.25) is 11.8 Å². The zero-order valence-corrected chi connectivity index (χ0v) is 15.5. The van der Waals surface area contributed by atoms with Gasteiger partial charge in [0, 0.05) is 38.5 Å². The van der Waals surface area contributed by atoms with Crippen molar-refractivity contribution < 1.29 is 14.0 Å². The van der Waals surface area contributed by atoms with Crippen molar-refractivity contribution in [1.29, 1.82) is 0 Å². The van der Waals surface area contributed by atoms with Crippen LogP contribution in [-0.2, 0) is 16.0 Å². The first kappa shape index (κ1) is 18.9. The highest BCUT2D eigenvalue weighted by molar-refractivity contribution is 5.79. The van der Waals surface area contributed by atoms with Crippen molar-refractivity contribution in [3.8, 4) is 0 Å². The van der Waals surface area contributed by atoms with E-state index in [0.717, 1.165) is 44.2 Å². The lowest BCUT2D eigenvalue weighted by molar-refractivity contribution is -0.137. The van der Waals surface area contributed by atoms with Crippen LogP contribution in [0.4, 0.5) is 4.39 Å². The van der Waals surface area contributed by atoms with E-state index in [2.05, 4.69) is 0 Å². The summed E-state index contributed by atoms with van der Waals surface area (Å²) >= 11 is 0. The number of aryl methyl sites for hydroxylation is 1. The van der Waals surface area contributed by atoms with Crippen LogP contribution in [-0.4, -0.2) is 47.8 Å². The van der Waals surface area contributed by atoms with Crippen LogP contribution in [0.2, 0.25) is 0 Å². The summed E-state index contributed by atoms with van der Waals surface area (Å²) in [4.78, 5) is 29.1. The predicted molar refractivity (Wildman–Crippen MR) is 99.1 cm³/mol. The highest BCUT2D eigenvalue weighted by Crippen LogP contribution is 2.26. The SMILES string of the molecule is O=C(CCc1cccc(F)c1)N1CCCN(C(=O)C2CCCCC2)CC1. The molecular formula is C21H29FN2O2. The zero-order chi connectivity index (χ0) is 18.4. The quantitative estimate of drug-likeness (QED) is 0.826. The van der Waals surface area contributed by atoms with E-state index in [9.17, 15) is 14.0 Å². The van der Waals surface area contributed by atoms with Gasteiger partial charge >= 0.3 is 0 Å². The van der Waals surface area contributed by atoms with Crippen molar-refractivity contribution in [2.75, 3.05) is 26.2 Å². The van der Waals surface area contributed by atoms with Crippen LogP contribution in [0.5, 0.6) is 0 Å². The first-order valence-corrected chi connectivity index (χ1v) is 9.94. The molecule has 26 heavy (non-hydrogen) atoms. The van der Waals surface area contributed by atoms with Gasteiger partial charge in [0.1, 0.15) is 5.82 Å². The van der Waals surface area contributed by atoms with Gasteiger partial charge in [-0.25, -0.2) is 4.39 Å². The van der Waals surface area contributed by atoms with Crippen LogP contribution in [0.15, 0.2) is 24.3 Å². The molecule has 0 unspecified atom stereocenters. The molecule has 2 aliphatic rings. The first-order valence-electron chi connectivity index (χ1n) is 9.94. The minimum absolute atomic E-state index is 0.0984. The highest BCUT2D eigenvalue weighted by Gasteiger charge is 2.28. The molecule has 2 fully saturated rings. The summed E-state index contributed by atoms with van der Waals surface area (Å²) in [5.41, 5.74) is 0.849. The number of hydrogen-bond acceptors (Lipinski definition) is 2. The van der Waals surface area contributed by atoms with Gasteiger partial charge in [0.25, 0.3) is 0 Å². The van der Waals surface area contributed by atoms with Crippen LogP contribution < -0.4 is 0 Å². The molecule has 142 valence electrons. The van der Waals surface area contributed by atoms with Crippen molar-refractivity contribution in [3.05, 3.63) is 35.6 Å². The van der Waals surface area contributed by atoms with Gasteiger partial charge in [0.05, 0.1) is 0 Å². The number of halogens is 1. The molecular weight excluding hydrogens is 331 g/mol. The molecule has 1 heterocycles. The normalized spacial score (nSPS) is 19.3. The summed E-state index contributed by atoms with van der Waals surface area (Å²) in [5, 5.41) is 0. The van der Waals surface area contributed by atoms with Crippen LogP contribution in [0.1, 0.15) is 50.5 Å². The second-order valence-electron chi connectivity index (χ2n) is 7.52. The fourth-order valence-corrected chi connectivity index (χ4v) is 4.10. The van der Waals surface area contributed by atoms with Gasteiger partial charge in [-0.15, -0.1) is 0 Å². The Morgan fingerprint density at radius 3 is 2.46 bits per heavy atom. The van der Waals surface area contributed by atoms with Crippen LogP contribution >= 0.6 is 0 Å². The molecule has 1 aliphatic heterocycles. The van der Waals surface area contributed by atoms with Crippen molar-refractivity contribution in [2.24, 2.45) is 5.92 Å². The van der Waals surface area contributed by atoms with Crippen molar-refractivity contribution in [3.63, 3.8) is 0 Å². The summed E-state index contributed by atoms with van der Waals surface area (Å²) in [7, 11) is 0. The molecule has 1 saturated carbocycles. The molecule has 0 N–H and O–H groups in total. The maximum Gasteiger partial charge on any atom is 0.225 e. The molecule has 0 spiro atoms. The van der Waals surface area contributed by atoms with Gasteiger partial charge < -0.3 is 9.80 Å². The lowest BCUT2D eigenvalue weighted by atomic mass is 9.88. The molecule has 3 rings (SSSR count). The van der Waals surface area contributed by atoms with Crippen LogP contribution in [0, 0.1) is 11.7 Å². The Balaban J connectivity index is 1.48. The molecule has 1 aromatic rings. The Labute approximate surface area is 155 Å². The number of carbonyl (C=O) groups is 2. The first-order chi connectivity index (χ1) is 12.6. The van der Waals surface area contributed by atoms with E-state index in [0.29, 0.717) is 38.4 Å². The second kappa shape index (κ2) is 9.15. The number of carbonyl (C=O) groups excluding carboxylic acids is 2. The Hall–Kier alpha value is -1.91. The minimum Gasteiger partial charge on any atom is -0.341 e. The Bertz CT molecular complexity index is 628. The fraction of sp³-hybridized carbons (Fsp3) is 0.619. The summed E-state index contributed by atoms with van der Waals surface area (Å²) in [6.45, 7) is 2.71. The predicted octanol–water partition coefficient (Wildman–Crippen LogP) is 3.40. The fourth-order valence-electron chi connectivity index (χ4n) is 4.10. The molecule has 0 aromatic heterocycles. The van der Waals surface area contributed by atoms with Crippen molar-refractivity contribution in [1.82, 2.24) is 9.80 Å². The number of nitrogens with zero attached hydrogens (tertiary/aromatic N) is 2. The third-order valence-corrected chi connectivity index (χ3v) is 5.63. The maximum absolute atomic E-state index is 13.2. The Morgan fingerprint density at radius 1 is 0.962 bits per heavy atom. The highest BCUT2D eigenvalue weighted by atomic mass is 19.1. The molecule has 5 heteroatoms. The molecule has 0 radical (unpaired) electrons. The molecule has 0 bridgehead atoms. The molecule has 4 nitrogen and oxygen atoms in total. The van der Waals surface area contributed by atoms with E-state index in [4.69, 9.17) is 0 Å². The third-order valence-electron chi connectivity index (χ3n) is 5.63. The third kappa shape index (κ3) is 5.05. The van der Waals surface area contributed by atoms with E-state index in [1.807, 2.05) is 15.9 Å². The topological polar surface area (TPSA) is 40.6 Å². The minimum atomic E-state index is -0.262. The number of amides is 2. The average Bonchev–Trinajstić information content (AvgIpc) is 2.92. The smallest absolute Gasteiger partial charge is 0.225 e. The van der Waals surface area contributed by atoms with Gasteiger partial charge in [-0.2, -0.15) is 0 Å². The average molecular weight is 360 g/mol. The van der Waals surface area contributed by atoms with Gasteiger partial charge in [-0.1, -0.05) is 31.4 Å². The number of rotatable bonds is 4. The van der Waals surface area contributed by atoms with Crippen molar-refractivity contribution in [2.45, 2.75) is 51.4 Å². The molecule has 1 aromatic carbocycles. The lowest BCUT2D eigenvalue weighted by Crippen LogP contribution is -2.40.